The van der Waals surface area contributed by atoms with E-state index in [1.165, 1.54) is 25.8 Å². The second-order valence-corrected chi connectivity index (χ2v) is 4.51. The normalized spacial score (nSPS) is 31.6. The van der Waals surface area contributed by atoms with E-state index in [9.17, 15) is 0 Å². The summed E-state index contributed by atoms with van der Waals surface area (Å²) < 4.78 is 5.52. The van der Waals surface area contributed by atoms with Gasteiger partial charge in [0.1, 0.15) is 0 Å². The average Bonchev–Trinajstić information content (AvgIpc) is 2.12. The van der Waals surface area contributed by atoms with E-state index >= 15 is 0 Å². The monoisotopic (exact) mass is 203 g/mol. The minimum Gasteiger partial charge on any atom is -0.374 e. The number of morpholine rings is 1. The first-order chi connectivity index (χ1) is 6.38. The van der Waals surface area contributed by atoms with Gasteiger partial charge in [-0.05, 0) is 18.8 Å². The molecule has 0 aromatic carbocycles. The Morgan fingerprint density at radius 2 is 2.23 bits per heavy atom. The third kappa shape index (κ3) is 2.58. The van der Waals surface area contributed by atoms with Crippen molar-refractivity contribution in [2.75, 3.05) is 32.1 Å². The van der Waals surface area contributed by atoms with Crippen molar-refractivity contribution in [1.29, 1.82) is 0 Å². The molecule has 3 heteroatoms. The highest BCUT2D eigenvalue weighted by Crippen LogP contribution is 2.27. The van der Waals surface area contributed by atoms with Crippen LogP contribution in [-0.4, -0.2) is 43.1 Å². The van der Waals surface area contributed by atoms with Gasteiger partial charge >= 0.3 is 0 Å². The Bertz CT molecular complexity index is 159. The van der Waals surface area contributed by atoms with E-state index in [-0.39, 0.29) is 6.10 Å². The Hall–Kier alpha value is 0.210. The molecule has 0 bridgehead atoms. The molecule has 1 atom stereocenters. The number of ether oxygens (including phenoxy) is 1. The van der Waals surface area contributed by atoms with Crippen LogP contribution in [0.2, 0.25) is 0 Å². The lowest BCUT2D eigenvalue weighted by molar-refractivity contribution is -0.0252. The van der Waals surface area contributed by atoms with Crippen LogP contribution in [-0.2, 0) is 4.74 Å². The molecule has 0 aromatic rings. The highest BCUT2D eigenvalue weighted by atomic mass is 35.5. The Balaban J connectivity index is 1.71. The summed E-state index contributed by atoms with van der Waals surface area (Å²) in [5.74, 6) is 1.61. The predicted molar refractivity (Wildman–Crippen MR) is 54.2 cm³/mol. The third-order valence-corrected chi connectivity index (χ3v) is 3.48. The summed E-state index contributed by atoms with van der Waals surface area (Å²) in [7, 11) is 0. The first-order valence-corrected chi connectivity index (χ1v) is 5.82. The zero-order valence-electron chi connectivity index (χ0n) is 8.04. The summed E-state index contributed by atoms with van der Waals surface area (Å²) in [6, 6.07) is 0. The molecule has 1 saturated heterocycles. The maximum atomic E-state index is 5.78. The first-order valence-electron chi connectivity index (χ1n) is 5.28. The van der Waals surface area contributed by atoms with E-state index in [0.717, 1.165) is 25.6 Å². The number of hydrogen-bond acceptors (Lipinski definition) is 2. The Labute approximate surface area is 85.2 Å². The van der Waals surface area contributed by atoms with Crippen LogP contribution in [0.25, 0.3) is 0 Å². The van der Waals surface area contributed by atoms with Gasteiger partial charge in [0.05, 0.1) is 12.7 Å². The van der Waals surface area contributed by atoms with Crippen molar-refractivity contribution >= 4 is 11.6 Å². The highest BCUT2D eigenvalue weighted by molar-refractivity contribution is 6.18. The molecule has 0 aromatic heterocycles. The molecule has 0 spiro atoms. The van der Waals surface area contributed by atoms with Crippen LogP contribution in [0.15, 0.2) is 0 Å². The van der Waals surface area contributed by atoms with Crippen molar-refractivity contribution in [1.82, 2.24) is 4.90 Å². The fraction of sp³-hybridized carbons (Fsp3) is 1.00. The zero-order chi connectivity index (χ0) is 9.10. The number of alkyl halides is 1. The smallest absolute Gasteiger partial charge is 0.0837 e. The molecule has 2 fully saturated rings. The molecule has 0 N–H and O–H groups in total. The van der Waals surface area contributed by atoms with Gasteiger partial charge in [0.2, 0.25) is 0 Å². The summed E-state index contributed by atoms with van der Waals surface area (Å²) in [6.07, 6.45) is 4.58. The fourth-order valence-electron chi connectivity index (χ4n) is 2.08. The molecular weight excluding hydrogens is 186 g/mol. The van der Waals surface area contributed by atoms with Crippen molar-refractivity contribution in [3.05, 3.63) is 0 Å². The SMILES string of the molecule is ClCC1CN(CC2CCC2)CCO1. The summed E-state index contributed by atoms with van der Waals surface area (Å²) >= 11 is 5.78. The van der Waals surface area contributed by atoms with E-state index in [2.05, 4.69) is 4.90 Å². The molecule has 1 saturated carbocycles. The summed E-state index contributed by atoms with van der Waals surface area (Å²) in [5, 5.41) is 0. The largest absolute Gasteiger partial charge is 0.374 e. The van der Waals surface area contributed by atoms with Gasteiger partial charge < -0.3 is 4.74 Å². The molecule has 1 unspecified atom stereocenters. The maximum absolute atomic E-state index is 5.78. The van der Waals surface area contributed by atoms with Gasteiger partial charge in [-0.1, -0.05) is 6.42 Å². The van der Waals surface area contributed by atoms with E-state index < -0.39 is 0 Å². The van der Waals surface area contributed by atoms with Crippen LogP contribution in [0.3, 0.4) is 0 Å². The molecule has 1 heterocycles. The minimum absolute atomic E-state index is 0.274. The molecule has 0 radical (unpaired) electrons. The van der Waals surface area contributed by atoms with Gasteiger partial charge in [-0.3, -0.25) is 4.90 Å². The number of hydrogen-bond donors (Lipinski definition) is 0. The molecule has 0 amide bonds. The number of rotatable bonds is 3. The van der Waals surface area contributed by atoms with Crippen molar-refractivity contribution in [3.8, 4) is 0 Å². The van der Waals surface area contributed by atoms with Crippen LogP contribution in [0.4, 0.5) is 0 Å². The highest BCUT2D eigenvalue weighted by Gasteiger charge is 2.24. The number of nitrogens with zero attached hydrogens (tertiary/aromatic N) is 1. The van der Waals surface area contributed by atoms with Crippen LogP contribution in [0.5, 0.6) is 0 Å². The maximum Gasteiger partial charge on any atom is 0.0837 e. The second kappa shape index (κ2) is 4.63. The third-order valence-electron chi connectivity index (χ3n) is 3.14. The lowest BCUT2D eigenvalue weighted by Gasteiger charge is -2.37. The fourth-order valence-corrected chi connectivity index (χ4v) is 2.27. The Kier molecular flexibility index (Phi) is 3.47. The second-order valence-electron chi connectivity index (χ2n) is 4.20. The lowest BCUT2D eigenvalue weighted by atomic mass is 9.85. The molecule has 2 rings (SSSR count). The van der Waals surface area contributed by atoms with Crippen LogP contribution < -0.4 is 0 Å². The van der Waals surface area contributed by atoms with E-state index in [0.29, 0.717) is 5.88 Å². The van der Waals surface area contributed by atoms with Gasteiger partial charge in [0.15, 0.2) is 0 Å². The van der Waals surface area contributed by atoms with Crippen molar-refractivity contribution < 1.29 is 4.74 Å². The van der Waals surface area contributed by atoms with Gasteiger partial charge in [-0.25, -0.2) is 0 Å². The van der Waals surface area contributed by atoms with Crippen molar-refractivity contribution in [2.45, 2.75) is 25.4 Å². The molecular formula is C10H18ClNO. The first kappa shape index (κ1) is 9.75. The quantitative estimate of drug-likeness (QED) is 0.648. The summed E-state index contributed by atoms with van der Waals surface area (Å²) in [6.45, 7) is 4.28. The van der Waals surface area contributed by atoms with Gasteiger partial charge in [-0.15, -0.1) is 11.6 Å². The van der Waals surface area contributed by atoms with E-state index in [4.69, 9.17) is 16.3 Å². The minimum atomic E-state index is 0.274. The van der Waals surface area contributed by atoms with E-state index in [1.807, 2.05) is 0 Å². The Morgan fingerprint density at radius 1 is 1.38 bits per heavy atom. The van der Waals surface area contributed by atoms with Crippen molar-refractivity contribution in [3.63, 3.8) is 0 Å². The number of halogens is 1. The molecule has 2 aliphatic rings. The van der Waals surface area contributed by atoms with Gasteiger partial charge in [0, 0.05) is 25.5 Å². The molecule has 76 valence electrons. The topological polar surface area (TPSA) is 12.5 Å². The summed E-state index contributed by atoms with van der Waals surface area (Å²) in [5.41, 5.74) is 0. The summed E-state index contributed by atoms with van der Waals surface area (Å²) in [4.78, 5) is 2.51. The molecule has 1 aliphatic carbocycles. The molecule has 13 heavy (non-hydrogen) atoms. The average molecular weight is 204 g/mol. The van der Waals surface area contributed by atoms with Gasteiger partial charge in [-0.2, -0.15) is 0 Å². The van der Waals surface area contributed by atoms with Crippen LogP contribution in [0.1, 0.15) is 19.3 Å². The lowest BCUT2D eigenvalue weighted by Crippen LogP contribution is -2.45. The van der Waals surface area contributed by atoms with Gasteiger partial charge in [0.25, 0.3) is 0 Å². The van der Waals surface area contributed by atoms with Crippen molar-refractivity contribution in [2.24, 2.45) is 5.92 Å². The zero-order valence-corrected chi connectivity index (χ0v) is 8.80. The van der Waals surface area contributed by atoms with Crippen LogP contribution >= 0.6 is 11.6 Å². The molecule has 2 nitrogen and oxygen atoms in total. The Morgan fingerprint density at radius 3 is 2.85 bits per heavy atom. The predicted octanol–water partition coefficient (Wildman–Crippen LogP) is 1.73. The molecule has 1 aliphatic heterocycles. The standard InChI is InChI=1S/C10H18ClNO/c11-6-10-8-12(4-5-13-10)7-9-2-1-3-9/h9-10H,1-8H2. The van der Waals surface area contributed by atoms with Crippen LogP contribution in [0, 0.1) is 5.92 Å². The van der Waals surface area contributed by atoms with E-state index in [1.54, 1.807) is 0 Å².